The van der Waals surface area contributed by atoms with Crippen LogP contribution in [-0.4, -0.2) is 17.3 Å². The molecule has 0 aliphatic rings. The number of hydrogen-bond donors (Lipinski definition) is 0. The lowest BCUT2D eigenvalue weighted by atomic mass is 10.1. The second-order valence-electron chi connectivity index (χ2n) is 3.48. The minimum Gasteiger partial charge on any atom is -0.480 e. The van der Waals surface area contributed by atoms with E-state index in [1.54, 1.807) is 24.3 Å². The van der Waals surface area contributed by atoms with E-state index in [2.05, 4.69) is 10.2 Å². The number of hydrogen-bond acceptors (Lipinski definition) is 3. The zero-order chi connectivity index (χ0) is 12.3. The molecular weight excluding hydrogens is 243 g/mol. The Hall–Kier alpha value is -1.68. The van der Waals surface area contributed by atoms with Gasteiger partial charge in [0.2, 0.25) is 5.88 Å². The van der Waals surface area contributed by atoms with E-state index in [1.807, 2.05) is 0 Å². The van der Waals surface area contributed by atoms with Gasteiger partial charge in [-0.2, -0.15) is 5.10 Å². The maximum atomic E-state index is 13.5. The summed E-state index contributed by atoms with van der Waals surface area (Å²) in [5.74, 6) is 0.0976. The van der Waals surface area contributed by atoms with Crippen molar-refractivity contribution >= 4 is 11.6 Å². The third-order valence-electron chi connectivity index (χ3n) is 2.29. The first-order chi connectivity index (χ1) is 8.19. The van der Waals surface area contributed by atoms with Crippen molar-refractivity contribution in [3.63, 3.8) is 0 Å². The molecule has 0 saturated carbocycles. The quantitative estimate of drug-likeness (QED) is 0.843. The van der Waals surface area contributed by atoms with Gasteiger partial charge in [-0.1, -0.05) is 17.7 Å². The molecule has 0 aliphatic carbocycles. The van der Waals surface area contributed by atoms with Crippen LogP contribution in [0.4, 0.5) is 4.39 Å². The van der Waals surface area contributed by atoms with Crippen molar-refractivity contribution in [2.75, 3.05) is 7.11 Å². The van der Waals surface area contributed by atoms with E-state index in [-0.39, 0.29) is 5.82 Å². The second kappa shape index (κ2) is 5.10. The Morgan fingerprint density at radius 2 is 2.06 bits per heavy atom. The lowest BCUT2D eigenvalue weighted by Gasteiger charge is -2.03. The molecule has 2 aromatic rings. The first-order valence-electron chi connectivity index (χ1n) is 4.99. The van der Waals surface area contributed by atoms with Crippen molar-refractivity contribution in [1.29, 1.82) is 0 Å². The van der Waals surface area contributed by atoms with Crippen LogP contribution in [0.1, 0.15) is 11.3 Å². The Kier molecular flexibility index (Phi) is 3.54. The van der Waals surface area contributed by atoms with Crippen LogP contribution >= 0.6 is 11.6 Å². The molecular formula is C12H10ClFN2O. The summed E-state index contributed by atoms with van der Waals surface area (Å²) in [7, 11) is 1.52. The van der Waals surface area contributed by atoms with E-state index in [9.17, 15) is 4.39 Å². The number of rotatable bonds is 3. The van der Waals surface area contributed by atoms with E-state index >= 15 is 0 Å². The molecule has 0 saturated heterocycles. The van der Waals surface area contributed by atoms with Gasteiger partial charge in [-0.25, -0.2) is 4.39 Å². The number of nitrogens with zero attached hydrogens (tertiary/aromatic N) is 2. The van der Waals surface area contributed by atoms with Crippen molar-refractivity contribution in [3.8, 4) is 5.88 Å². The van der Waals surface area contributed by atoms with Gasteiger partial charge in [0, 0.05) is 17.5 Å². The summed E-state index contributed by atoms with van der Waals surface area (Å²) in [5, 5.41) is 8.14. The number of halogens is 2. The van der Waals surface area contributed by atoms with Gasteiger partial charge < -0.3 is 4.74 Å². The first-order valence-corrected chi connectivity index (χ1v) is 5.37. The summed E-state index contributed by atoms with van der Waals surface area (Å²) in [6, 6.07) is 8.02. The topological polar surface area (TPSA) is 35.0 Å². The van der Waals surface area contributed by atoms with Crippen molar-refractivity contribution < 1.29 is 9.13 Å². The standard InChI is InChI=1S/C12H10ClFN2O/c1-17-12-5-4-10(15-16-12)6-8-2-3-9(13)7-11(8)14/h2-5,7H,6H2,1H3. The SMILES string of the molecule is COc1ccc(Cc2ccc(Cl)cc2F)nn1. The molecule has 0 amide bonds. The second-order valence-corrected chi connectivity index (χ2v) is 3.92. The van der Waals surface area contributed by atoms with Crippen LogP contribution < -0.4 is 4.74 Å². The molecule has 1 heterocycles. The van der Waals surface area contributed by atoms with Gasteiger partial charge in [-0.15, -0.1) is 5.10 Å². The maximum absolute atomic E-state index is 13.5. The van der Waals surface area contributed by atoms with Crippen LogP contribution in [-0.2, 0) is 6.42 Å². The summed E-state index contributed by atoms with van der Waals surface area (Å²) < 4.78 is 18.4. The van der Waals surface area contributed by atoms with Crippen molar-refractivity contribution in [1.82, 2.24) is 10.2 Å². The predicted molar refractivity (Wildman–Crippen MR) is 62.8 cm³/mol. The highest BCUT2D eigenvalue weighted by atomic mass is 35.5. The Bertz CT molecular complexity index is 516. The Labute approximate surface area is 103 Å². The fourth-order valence-corrected chi connectivity index (χ4v) is 1.57. The number of methoxy groups -OCH3 is 1. The molecule has 2 rings (SSSR count). The summed E-state index contributed by atoms with van der Waals surface area (Å²) >= 11 is 5.68. The summed E-state index contributed by atoms with van der Waals surface area (Å²) in [6.45, 7) is 0. The number of aromatic nitrogens is 2. The van der Waals surface area contributed by atoms with Gasteiger partial charge in [0.25, 0.3) is 0 Å². The van der Waals surface area contributed by atoms with E-state index in [1.165, 1.54) is 13.2 Å². The molecule has 0 aliphatic heterocycles. The van der Waals surface area contributed by atoms with Gasteiger partial charge in [0.1, 0.15) is 5.82 Å². The smallest absolute Gasteiger partial charge is 0.233 e. The minimum absolute atomic E-state index is 0.338. The predicted octanol–water partition coefficient (Wildman–Crippen LogP) is 2.87. The van der Waals surface area contributed by atoms with Crippen molar-refractivity contribution in [2.24, 2.45) is 0 Å². The zero-order valence-corrected chi connectivity index (χ0v) is 9.91. The van der Waals surface area contributed by atoms with Gasteiger partial charge in [-0.3, -0.25) is 0 Å². The minimum atomic E-state index is -0.338. The Balaban J connectivity index is 2.19. The van der Waals surface area contributed by atoms with Gasteiger partial charge in [0.05, 0.1) is 12.8 Å². The third kappa shape index (κ3) is 2.91. The number of benzene rings is 1. The molecule has 0 fully saturated rings. The molecule has 1 aromatic carbocycles. The van der Waals surface area contributed by atoms with Gasteiger partial charge >= 0.3 is 0 Å². The molecule has 17 heavy (non-hydrogen) atoms. The Morgan fingerprint density at radius 3 is 2.65 bits per heavy atom. The summed E-state index contributed by atoms with van der Waals surface area (Å²) in [6.07, 6.45) is 0.375. The molecule has 0 radical (unpaired) electrons. The largest absolute Gasteiger partial charge is 0.480 e. The monoisotopic (exact) mass is 252 g/mol. The van der Waals surface area contributed by atoms with E-state index in [0.717, 1.165) is 0 Å². The van der Waals surface area contributed by atoms with E-state index in [0.29, 0.717) is 28.6 Å². The molecule has 5 heteroatoms. The summed E-state index contributed by atoms with van der Waals surface area (Å²) in [5.41, 5.74) is 1.21. The highest BCUT2D eigenvalue weighted by Gasteiger charge is 2.05. The van der Waals surface area contributed by atoms with E-state index in [4.69, 9.17) is 16.3 Å². The fraction of sp³-hybridized carbons (Fsp3) is 0.167. The molecule has 0 unspecified atom stereocenters. The molecule has 0 N–H and O–H groups in total. The van der Waals surface area contributed by atoms with Crippen LogP contribution in [0.2, 0.25) is 5.02 Å². The molecule has 3 nitrogen and oxygen atoms in total. The summed E-state index contributed by atoms with van der Waals surface area (Å²) in [4.78, 5) is 0. The highest BCUT2D eigenvalue weighted by Crippen LogP contribution is 2.17. The van der Waals surface area contributed by atoms with Crippen molar-refractivity contribution in [2.45, 2.75) is 6.42 Å². The van der Waals surface area contributed by atoms with Crippen LogP contribution in [0.3, 0.4) is 0 Å². The molecule has 0 bridgehead atoms. The van der Waals surface area contributed by atoms with Gasteiger partial charge in [-0.05, 0) is 23.8 Å². The average Bonchev–Trinajstić information content (AvgIpc) is 2.34. The molecule has 0 spiro atoms. The zero-order valence-electron chi connectivity index (χ0n) is 9.15. The first kappa shape index (κ1) is 11.8. The normalized spacial score (nSPS) is 10.3. The van der Waals surface area contributed by atoms with E-state index < -0.39 is 0 Å². The third-order valence-corrected chi connectivity index (χ3v) is 2.53. The maximum Gasteiger partial charge on any atom is 0.233 e. The molecule has 1 aromatic heterocycles. The number of ether oxygens (including phenoxy) is 1. The molecule has 0 atom stereocenters. The van der Waals surface area contributed by atoms with Gasteiger partial charge in [0.15, 0.2) is 0 Å². The Morgan fingerprint density at radius 1 is 1.24 bits per heavy atom. The average molecular weight is 253 g/mol. The van der Waals surface area contributed by atoms with Crippen LogP contribution in [0.5, 0.6) is 5.88 Å². The van der Waals surface area contributed by atoms with Crippen LogP contribution in [0.15, 0.2) is 30.3 Å². The highest BCUT2D eigenvalue weighted by molar-refractivity contribution is 6.30. The lowest BCUT2D eigenvalue weighted by Crippen LogP contribution is -1.98. The fourth-order valence-electron chi connectivity index (χ4n) is 1.41. The molecule has 88 valence electrons. The lowest BCUT2D eigenvalue weighted by molar-refractivity contribution is 0.391. The van der Waals surface area contributed by atoms with Crippen LogP contribution in [0.25, 0.3) is 0 Å². The van der Waals surface area contributed by atoms with Crippen molar-refractivity contribution in [3.05, 3.63) is 52.4 Å². The van der Waals surface area contributed by atoms with Crippen LogP contribution in [0, 0.1) is 5.82 Å².